The Kier molecular flexibility index (Phi) is 4.23. The van der Waals surface area contributed by atoms with Gasteiger partial charge in [-0.1, -0.05) is 24.3 Å². The second-order valence-electron chi connectivity index (χ2n) is 5.41. The molecule has 0 spiro atoms. The summed E-state index contributed by atoms with van der Waals surface area (Å²) in [5.74, 6) is -0.494. The fourth-order valence-electron chi connectivity index (χ4n) is 2.81. The number of hydrogen-bond donors (Lipinski definition) is 2. The Morgan fingerprint density at radius 2 is 2.09 bits per heavy atom. The summed E-state index contributed by atoms with van der Waals surface area (Å²) in [4.78, 5) is 23.8. The lowest BCUT2D eigenvalue weighted by molar-refractivity contribution is -0.121. The molecule has 114 valence electrons. The normalized spacial score (nSPS) is 16.6. The molecule has 5 heteroatoms. The smallest absolute Gasteiger partial charge is 0.254 e. The van der Waals surface area contributed by atoms with Gasteiger partial charge in [0.2, 0.25) is 5.91 Å². The van der Waals surface area contributed by atoms with Gasteiger partial charge in [-0.25, -0.2) is 0 Å². The number of hydrogen-bond acceptors (Lipinski definition) is 3. The molecule has 2 aromatic rings. The summed E-state index contributed by atoms with van der Waals surface area (Å²) in [6.07, 6.45) is 5.82. The van der Waals surface area contributed by atoms with E-state index in [9.17, 15) is 9.59 Å². The Morgan fingerprint density at radius 3 is 2.91 bits per heavy atom. The molecule has 0 radical (unpaired) electrons. The maximum atomic E-state index is 12.0. The molecule has 2 N–H and O–H groups in total. The first-order valence-corrected chi connectivity index (χ1v) is 7.41. The van der Waals surface area contributed by atoms with Gasteiger partial charge in [-0.15, -0.1) is 0 Å². The highest BCUT2D eigenvalue weighted by molar-refractivity contribution is 5.96. The number of amides is 2. The number of benzene rings is 1. The van der Waals surface area contributed by atoms with Gasteiger partial charge >= 0.3 is 0 Å². The van der Waals surface area contributed by atoms with Crippen LogP contribution < -0.4 is 10.6 Å². The number of rotatable bonds is 4. The molecule has 3 rings (SSSR count). The Hall–Kier alpha value is -2.56. The highest BCUT2D eigenvalue weighted by Gasteiger charge is 2.21. The lowest BCUT2D eigenvalue weighted by Crippen LogP contribution is -2.39. The summed E-state index contributed by atoms with van der Waals surface area (Å²) in [6, 6.07) is 9.77. The van der Waals surface area contributed by atoms with Gasteiger partial charge in [0.25, 0.3) is 5.91 Å². The highest BCUT2D eigenvalue weighted by atomic mass is 16.3. The first-order chi connectivity index (χ1) is 10.7. The second-order valence-corrected chi connectivity index (χ2v) is 5.41. The Balaban J connectivity index is 1.55. The van der Waals surface area contributed by atoms with Crippen LogP contribution in [0.2, 0.25) is 0 Å². The summed E-state index contributed by atoms with van der Waals surface area (Å²) in [5, 5.41) is 5.59. The molecule has 5 nitrogen and oxygen atoms in total. The van der Waals surface area contributed by atoms with Crippen LogP contribution in [0, 0.1) is 0 Å². The molecule has 0 unspecified atom stereocenters. The van der Waals surface area contributed by atoms with E-state index in [1.54, 1.807) is 6.07 Å². The van der Waals surface area contributed by atoms with Gasteiger partial charge in [-0.3, -0.25) is 9.59 Å². The zero-order chi connectivity index (χ0) is 15.4. The van der Waals surface area contributed by atoms with Crippen LogP contribution in [0.1, 0.15) is 40.4 Å². The topological polar surface area (TPSA) is 71.3 Å². The molecular formula is C17H18N2O3. The van der Waals surface area contributed by atoms with Crippen LogP contribution in [-0.4, -0.2) is 18.4 Å². The first kappa shape index (κ1) is 14.4. The van der Waals surface area contributed by atoms with Crippen molar-refractivity contribution in [3.8, 4) is 0 Å². The van der Waals surface area contributed by atoms with Gasteiger partial charge in [-0.2, -0.15) is 0 Å². The van der Waals surface area contributed by atoms with Crippen molar-refractivity contribution in [1.29, 1.82) is 0 Å². The number of aryl methyl sites for hydroxylation is 1. The van der Waals surface area contributed by atoms with Crippen molar-refractivity contribution in [2.75, 3.05) is 6.54 Å². The third kappa shape index (κ3) is 3.19. The molecule has 2 amide bonds. The van der Waals surface area contributed by atoms with Crippen molar-refractivity contribution >= 4 is 11.8 Å². The van der Waals surface area contributed by atoms with Gasteiger partial charge in [0, 0.05) is 0 Å². The van der Waals surface area contributed by atoms with Gasteiger partial charge in [0.15, 0.2) is 0 Å². The van der Waals surface area contributed by atoms with Gasteiger partial charge in [0.1, 0.15) is 6.26 Å². The zero-order valence-electron chi connectivity index (χ0n) is 12.2. The molecule has 1 aromatic carbocycles. The van der Waals surface area contributed by atoms with Crippen molar-refractivity contribution < 1.29 is 14.0 Å². The van der Waals surface area contributed by atoms with E-state index in [0.717, 1.165) is 19.3 Å². The third-order valence-electron chi connectivity index (χ3n) is 3.90. The summed E-state index contributed by atoms with van der Waals surface area (Å²) in [5.41, 5.74) is 2.89. The number of carbonyl (C=O) groups excluding carboxylic acids is 2. The van der Waals surface area contributed by atoms with Crippen molar-refractivity contribution in [1.82, 2.24) is 10.6 Å². The van der Waals surface area contributed by atoms with E-state index >= 15 is 0 Å². The molecule has 1 atom stereocenters. The maximum absolute atomic E-state index is 12.0. The maximum Gasteiger partial charge on any atom is 0.254 e. The van der Waals surface area contributed by atoms with Crippen molar-refractivity contribution in [3.05, 3.63) is 59.5 Å². The van der Waals surface area contributed by atoms with Gasteiger partial charge in [0.05, 0.1) is 24.4 Å². The number of carbonyl (C=O) groups is 2. The predicted molar refractivity (Wildman–Crippen MR) is 81.3 cm³/mol. The van der Waals surface area contributed by atoms with E-state index in [1.807, 2.05) is 12.1 Å². The van der Waals surface area contributed by atoms with Crippen LogP contribution in [0.3, 0.4) is 0 Å². The average molecular weight is 298 g/mol. The molecule has 0 saturated carbocycles. The lowest BCUT2D eigenvalue weighted by atomic mass is 9.88. The van der Waals surface area contributed by atoms with E-state index in [1.165, 1.54) is 23.7 Å². The number of nitrogens with one attached hydrogen (secondary N) is 2. The molecule has 0 bridgehead atoms. The molecule has 1 heterocycles. The fraction of sp³-hybridized carbons (Fsp3) is 0.294. The van der Waals surface area contributed by atoms with E-state index in [0.29, 0.717) is 5.56 Å². The summed E-state index contributed by atoms with van der Waals surface area (Å²) < 4.78 is 4.84. The Bertz CT molecular complexity index is 664. The van der Waals surface area contributed by atoms with E-state index in [-0.39, 0.29) is 24.4 Å². The molecule has 0 fully saturated rings. The minimum absolute atomic E-state index is 0.0308. The summed E-state index contributed by atoms with van der Waals surface area (Å²) in [7, 11) is 0. The molecule has 0 saturated heterocycles. The quantitative estimate of drug-likeness (QED) is 0.909. The molecule has 1 aromatic heterocycles. The van der Waals surface area contributed by atoms with Crippen LogP contribution in [-0.2, 0) is 11.2 Å². The zero-order valence-corrected chi connectivity index (χ0v) is 12.2. The second kappa shape index (κ2) is 6.47. The van der Waals surface area contributed by atoms with Crippen LogP contribution in [0.15, 0.2) is 47.3 Å². The van der Waals surface area contributed by atoms with Crippen molar-refractivity contribution in [2.24, 2.45) is 0 Å². The molecule has 1 aliphatic rings. The largest absolute Gasteiger partial charge is 0.472 e. The third-order valence-corrected chi connectivity index (χ3v) is 3.90. The molecular weight excluding hydrogens is 280 g/mol. The van der Waals surface area contributed by atoms with Gasteiger partial charge in [-0.05, 0) is 36.5 Å². The van der Waals surface area contributed by atoms with E-state index < -0.39 is 0 Å². The summed E-state index contributed by atoms with van der Waals surface area (Å²) >= 11 is 0. The minimum atomic E-state index is -0.312. The highest BCUT2D eigenvalue weighted by Crippen LogP contribution is 2.29. The monoisotopic (exact) mass is 298 g/mol. The number of furan rings is 1. The number of fused-ring (bicyclic) bond motifs is 1. The van der Waals surface area contributed by atoms with Crippen LogP contribution in [0.25, 0.3) is 0 Å². The van der Waals surface area contributed by atoms with Crippen molar-refractivity contribution in [3.63, 3.8) is 0 Å². The van der Waals surface area contributed by atoms with Crippen molar-refractivity contribution in [2.45, 2.75) is 25.3 Å². The van der Waals surface area contributed by atoms with E-state index in [2.05, 4.69) is 22.8 Å². The minimum Gasteiger partial charge on any atom is -0.472 e. The Labute approximate surface area is 128 Å². The van der Waals surface area contributed by atoms with Crippen LogP contribution in [0.5, 0.6) is 0 Å². The standard InChI is InChI=1S/C17H18N2O3/c20-16(10-18-17(21)13-8-9-22-11-13)19-15-7-3-5-12-4-1-2-6-14(12)15/h1-2,4,6,8-9,11,15H,3,5,7,10H2,(H,18,21)(H,19,20)/t15-/m1/s1. The lowest BCUT2D eigenvalue weighted by Gasteiger charge is -2.26. The summed E-state index contributed by atoms with van der Waals surface area (Å²) in [6.45, 7) is -0.0390. The van der Waals surface area contributed by atoms with E-state index in [4.69, 9.17) is 4.42 Å². The average Bonchev–Trinajstić information content (AvgIpc) is 3.07. The van der Waals surface area contributed by atoms with Crippen LogP contribution >= 0.6 is 0 Å². The van der Waals surface area contributed by atoms with Gasteiger partial charge < -0.3 is 15.1 Å². The molecule has 0 aliphatic heterocycles. The predicted octanol–water partition coefficient (Wildman–Crippen LogP) is 2.20. The molecule has 22 heavy (non-hydrogen) atoms. The van der Waals surface area contributed by atoms with Crippen LogP contribution in [0.4, 0.5) is 0 Å². The fourth-order valence-corrected chi connectivity index (χ4v) is 2.81. The molecule has 1 aliphatic carbocycles. The Morgan fingerprint density at radius 1 is 1.23 bits per heavy atom. The first-order valence-electron chi connectivity index (χ1n) is 7.41. The SMILES string of the molecule is O=C(CNC(=O)c1ccoc1)N[C@@H]1CCCc2ccccc21.